The molecule has 0 spiro atoms. The van der Waals surface area contributed by atoms with Crippen molar-refractivity contribution in [3.8, 4) is 11.8 Å². The highest BCUT2D eigenvalue weighted by atomic mass is 16.5. The molecule has 0 unspecified atom stereocenters. The molecule has 0 saturated carbocycles. The van der Waals surface area contributed by atoms with Crippen LogP contribution >= 0.6 is 0 Å². The third kappa shape index (κ3) is 19.8. The molecule has 1 aliphatic heterocycles. The summed E-state index contributed by atoms with van der Waals surface area (Å²) in [5.74, 6) is 1.92. The second kappa shape index (κ2) is 31.4. The number of rotatable bonds is 27. The molecule has 5 rings (SSSR count). The lowest BCUT2D eigenvalue weighted by Crippen LogP contribution is -2.61. The number of carboxylic acid groups (broad SMARTS) is 1. The van der Waals surface area contributed by atoms with Gasteiger partial charge in [0.1, 0.15) is 24.7 Å². The first-order valence-electron chi connectivity index (χ1n) is 29.2. The lowest BCUT2D eigenvalue weighted by molar-refractivity contribution is -0.141. The van der Waals surface area contributed by atoms with Crippen LogP contribution in [0.3, 0.4) is 0 Å². The summed E-state index contributed by atoms with van der Waals surface area (Å²) in [5.41, 5.74) is 9.25. The Hall–Kier alpha value is -9.03. The number of hydrogen-bond acceptors (Lipinski definition) is 11. The minimum Gasteiger partial charge on any atom is -0.478 e. The Balaban J connectivity index is 1.16. The Kier molecular flexibility index (Phi) is 24.8. The number of carbonyl (C=O) groups is 9. The molecule has 21 heteroatoms. The monoisotopic (exact) mass is 1190 g/mol. The quantitative estimate of drug-likeness (QED) is 0.0170. The van der Waals surface area contributed by atoms with Gasteiger partial charge in [0.05, 0.1) is 24.3 Å². The van der Waals surface area contributed by atoms with Crippen molar-refractivity contribution in [3.05, 3.63) is 142 Å². The number of urea groups is 1. The van der Waals surface area contributed by atoms with E-state index < -0.39 is 88.7 Å². The van der Waals surface area contributed by atoms with Gasteiger partial charge in [-0.3, -0.25) is 28.8 Å². The molecule has 0 bridgehead atoms. The van der Waals surface area contributed by atoms with Gasteiger partial charge < -0.3 is 62.6 Å². The molecule has 87 heavy (non-hydrogen) atoms. The number of carbonyl (C=O) groups excluding carboxylic acids is 8. The number of fused-ring (bicyclic) bond motifs is 2. The highest BCUT2D eigenvalue weighted by Gasteiger charge is 2.42. The van der Waals surface area contributed by atoms with Crippen LogP contribution in [0.25, 0.3) is 0 Å². The van der Waals surface area contributed by atoms with E-state index in [2.05, 4.69) is 49.1 Å². The highest BCUT2D eigenvalue weighted by molar-refractivity contribution is 6.00. The zero-order valence-electron chi connectivity index (χ0n) is 52.0. The van der Waals surface area contributed by atoms with Crippen molar-refractivity contribution in [1.29, 1.82) is 0 Å². The van der Waals surface area contributed by atoms with E-state index in [0.717, 1.165) is 22.3 Å². The van der Waals surface area contributed by atoms with Crippen molar-refractivity contribution >= 4 is 64.9 Å². The minimum absolute atomic E-state index is 0.0876. The number of primary amides is 1. The maximum absolute atomic E-state index is 14.2. The van der Waals surface area contributed by atoms with Gasteiger partial charge in [0.25, 0.3) is 0 Å². The Bertz CT molecular complexity index is 3230. The van der Waals surface area contributed by atoms with E-state index in [1.54, 1.807) is 63.2 Å². The van der Waals surface area contributed by atoms with Crippen LogP contribution in [0.15, 0.2) is 109 Å². The fourth-order valence-electron chi connectivity index (χ4n) is 10.1. The fourth-order valence-corrected chi connectivity index (χ4v) is 10.1. The number of hydrogen-bond donors (Lipinski definition) is 9. The van der Waals surface area contributed by atoms with E-state index in [9.17, 15) is 48.3 Å². The first-order chi connectivity index (χ1) is 41.0. The molecule has 466 valence electrons. The van der Waals surface area contributed by atoms with Gasteiger partial charge in [0.15, 0.2) is 0 Å². The second-order valence-corrected chi connectivity index (χ2v) is 24.1. The second-order valence-electron chi connectivity index (χ2n) is 24.1. The molecule has 0 radical (unpaired) electrons. The number of ether oxygens (including phenoxy) is 1. The van der Waals surface area contributed by atoms with E-state index in [1.807, 2.05) is 121 Å². The zero-order chi connectivity index (χ0) is 64.3. The van der Waals surface area contributed by atoms with E-state index in [4.69, 9.17) is 10.5 Å². The molecule has 9 amide bonds. The van der Waals surface area contributed by atoms with Gasteiger partial charge >= 0.3 is 18.1 Å². The van der Waals surface area contributed by atoms with Gasteiger partial charge in [0.2, 0.25) is 35.4 Å². The summed E-state index contributed by atoms with van der Waals surface area (Å²) in [4.78, 5) is 123. The third-order valence-electron chi connectivity index (χ3n) is 15.2. The zero-order valence-corrected chi connectivity index (χ0v) is 52.0. The van der Waals surface area contributed by atoms with Gasteiger partial charge in [-0.1, -0.05) is 147 Å². The maximum Gasteiger partial charge on any atom is 0.407 e. The number of carboxylic acids is 1. The summed E-state index contributed by atoms with van der Waals surface area (Å²) in [6.07, 6.45) is 0.835. The predicted molar refractivity (Wildman–Crippen MR) is 333 cm³/mol. The summed E-state index contributed by atoms with van der Waals surface area (Å²) in [7, 11) is 3.27. The molecule has 1 aliphatic rings. The molecule has 21 nitrogen and oxygen atoms in total. The van der Waals surface area contributed by atoms with E-state index >= 15 is 0 Å². The number of nitrogens with zero attached hydrogens (tertiary/aromatic N) is 2. The molecular weight excluding hydrogens is 1110 g/mol. The summed E-state index contributed by atoms with van der Waals surface area (Å²) < 4.78 is 5.52. The number of nitrogens with two attached hydrogens (primary N) is 1. The minimum atomic E-state index is -1.12. The number of benzene rings is 4. The van der Waals surface area contributed by atoms with Crippen molar-refractivity contribution in [2.75, 3.05) is 30.9 Å². The SMILES string of the molecule is CN[C@H](C(=O)N[C@H](C(=O)N(C)[C@H](/C=C(\C)C(=O)O)C(C)C)C(C)(C)C)C(C)(C)c1cccc(CNC(=O)OCc2ccc(NC(=O)[C@H](CCCNC(N)=O)NC(=O)[C@@H](NC(=O)CCC(=O)N3Cc4ccccc4C#Cc4ccccc43)C(C)C)cc2)c1. The van der Waals surface area contributed by atoms with Crippen molar-refractivity contribution in [3.63, 3.8) is 0 Å². The van der Waals surface area contributed by atoms with Gasteiger partial charge in [-0.15, -0.1) is 0 Å². The van der Waals surface area contributed by atoms with Crippen LogP contribution in [0.5, 0.6) is 0 Å². The van der Waals surface area contributed by atoms with Crippen LogP contribution in [0.1, 0.15) is 128 Å². The van der Waals surface area contributed by atoms with Crippen LogP contribution in [0.4, 0.5) is 21.0 Å². The van der Waals surface area contributed by atoms with Crippen LogP contribution in [-0.2, 0) is 63.4 Å². The molecular formula is C66H86N10O11. The number of para-hydroxylation sites is 1. The molecule has 4 aromatic carbocycles. The molecule has 5 atom stereocenters. The van der Waals surface area contributed by atoms with E-state index in [1.165, 1.54) is 11.8 Å². The molecule has 0 aliphatic carbocycles. The van der Waals surface area contributed by atoms with Gasteiger partial charge in [-0.25, -0.2) is 14.4 Å². The average Bonchev–Trinajstić information content (AvgIpc) is 1.57. The van der Waals surface area contributed by atoms with E-state index in [-0.39, 0.29) is 75.2 Å². The van der Waals surface area contributed by atoms with Crippen molar-refractivity contribution < 1.29 is 53.0 Å². The summed E-state index contributed by atoms with van der Waals surface area (Å²) in [6.45, 7) is 18.5. The smallest absolute Gasteiger partial charge is 0.407 e. The predicted octanol–water partition coefficient (Wildman–Crippen LogP) is 6.76. The molecule has 4 aromatic rings. The number of nitrogens with one attached hydrogen (secondary N) is 7. The number of anilines is 2. The standard InChI is InChI=1S/C66H86N10O11/c1-40(2)52(35-42(5)62(83)84)75(12)61(82)57(65(6,7)8)74-60(81)56(68-11)66(9,10)48-23-17-19-44(36-48)37-70-64(86)87-39-43-26-30-49(31-27-43)71-58(79)50(24-18-34-69-63(67)85)72-59(80)55(41(3)4)73-53(77)32-33-54(78)76-38-47-22-14-13-20-45(47)28-29-46-21-15-16-25-51(46)76/h13-17,19-23,25-27,30-31,35-36,40-41,50,52,55-57,68H,18,24,32-34,37-39H2,1-12H3,(H,70,86)(H,71,79)(H,72,80)(H,73,77)(H,74,81)(H,83,84)(H3,67,69,85)/b42-35+/t50-,52+,55-,56+,57+/m0/s1. The van der Waals surface area contributed by atoms with Gasteiger partial charge in [0, 0.05) is 60.8 Å². The molecule has 0 aromatic heterocycles. The molecule has 10 N–H and O–H groups in total. The third-order valence-corrected chi connectivity index (χ3v) is 15.2. The number of amides is 9. The van der Waals surface area contributed by atoms with Crippen LogP contribution in [-0.4, -0.2) is 114 Å². The van der Waals surface area contributed by atoms with Crippen LogP contribution in [0, 0.1) is 29.1 Å². The fraction of sp³-hybridized carbons (Fsp3) is 0.439. The van der Waals surface area contributed by atoms with Crippen LogP contribution in [0.2, 0.25) is 0 Å². The molecule has 0 saturated heterocycles. The summed E-state index contributed by atoms with van der Waals surface area (Å²) >= 11 is 0. The number of alkyl carbamates (subject to hydrolysis) is 1. The Morgan fingerprint density at radius 2 is 1.40 bits per heavy atom. The first kappa shape index (κ1) is 68.7. The Labute approximate surface area is 510 Å². The average molecular weight is 1200 g/mol. The van der Waals surface area contributed by atoms with Gasteiger partial charge in [-0.05, 0) is 96.6 Å². The Morgan fingerprint density at radius 1 is 0.747 bits per heavy atom. The van der Waals surface area contributed by atoms with Gasteiger partial charge in [-0.2, -0.15) is 0 Å². The topological polar surface area (TPSA) is 300 Å². The number of likely N-dealkylation sites (N-methyl/N-ethyl adjacent to an activating group) is 2. The highest BCUT2D eigenvalue weighted by Crippen LogP contribution is 2.31. The van der Waals surface area contributed by atoms with E-state index in [0.29, 0.717) is 22.5 Å². The summed E-state index contributed by atoms with van der Waals surface area (Å²) in [6, 6.07) is 23.6. The van der Waals surface area contributed by atoms with Crippen molar-refractivity contribution in [2.24, 2.45) is 23.0 Å². The first-order valence-corrected chi connectivity index (χ1v) is 29.2. The van der Waals surface area contributed by atoms with Crippen LogP contribution < -0.4 is 47.9 Å². The molecule has 1 heterocycles. The Morgan fingerprint density at radius 3 is 2.03 bits per heavy atom. The maximum atomic E-state index is 14.2. The largest absolute Gasteiger partial charge is 0.478 e. The molecule has 0 fully saturated rings. The van der Waals surface area contributed by atoms with Crippen molar-refractivity contribution in [1.82, 2.24) is 36.8 Å². The lowest BCUT2D eigenvalue weighted by Gasteiger charge is -2.40. The number of aliphatic carboxylic acids is 1. The normalized spacial score (nSPS) is 13.9. The lowest BCUT2D eigenvalue weighted by atomic mass is 9.76. The van der Waals surface area contributed by atoms with Crippen molar-refractivity contribution in [2.45, 2.75) is 150 Å². The summed E-state index contributed by atoms with van der Waals surface area (Å²) in [5, 5.41) is 29.3.